The predicted octanol–water partition coefficient (Wildman–Crippen LogP) is 3.06. The Balaban J connectivity index is 2.62. The second kappa shape index (κ2) is 3.37. The van der Waals surface area contributed by atoms with E-state index in [9.17, 15) is 0 Å². The SMILES string of the molecule is Cc1ccc2nc(C(C)C)ncc2c1. The molecule has 0 radical (unpaired) electrons. The van der Waals surface area contributed by atoms with Crippen molar-refractivity contribution in [3.05, 3.63) is 35.8 Å². The van der Waals surface area contributed by atoms with Crippen LogP contribution in [0.5, 0.6) is 0 Å². The summed E-state index contributed by atoms with van der Waals surface area (Å²) in [7, 11) is 0. The Kier molecular flexibility index (Phi) is 2.20. The molecule has 1 aromatic heterocycles. The minimum absolute atomic E-state index is 0.390. The zero-order valence-corrected chi connectivity index (χ0v) is 8.78. The highest BCUT2D eigenvalue weighted by molar-refractivity contribution is 5.78. The van der Waals surface area contributed by atoms with Crippen molar-refractivity contribution in [2.45, 2.75) is 26.7 Å². The molecule has 0 aliphatic heterocycles. The van der Waals surface area contributed by atoms with Gasteiger partial charge in [0, 0.05) is 17.5 Å². The molecule has 2 heteroatoms. The third kappa shape index (κ3) is 1.60. The number of rotatable bonds is 1. The number of aromatic nitrogens is 2. The van der Waals surface area contributed by atoms with Crippen molar-refractivity contribution in [2.75, 3.05) is 0 Å². The van der Waals surface area contributed by atoms with Crippen LogP contribution in [0.25, 0.3) is 10.9 Å². The summed E-state index contributed by atoms with van der Waals surface area (Å²) < 4.78 is 0. The summed E-state index contributed by atoms with van der Waals surface area (Å²) >= 11 is 0. The maximum absolute atomic E-state index is 4.50. The van der Waals surface area contributed by atoms with Gasteiger partial charge in [0.25, 0.3) is 0 Å². The molecule has 0 atom stereocenters. The zero-order chi connectivity index (χ0) is 10.1. The van der Waals surface area contributed by atoms with Gasteiger partial charge in [0.2, 0.25) is 0 Å². The van der Waals surface area contributed by atoms with Gasteiger partial charge >= 0.3 is 0 Å². The summed E-state index contributed by atoms with van der Waals surface area (Å²) in [5.41, 5.74) is 2.28. The fourth-order valence-electron chi connectivity index (χ4n) is 1.45. The minimum atomic E-state index is 0.390. The van der Waals surface area contributed by atoms with E-state index < -0.39 is 0 Å². The van der Waals surface area contributed by atoms with E-state index in [1.165, 1.54) is 5.56 Å². The quantitative estimate of drug-likeness (QED) is 0.684. The van der Waals surface area contributed by atoms with Gasteiger partial charge in [-0.05, 0) is 19.1 Å². The smallest absolute Gasteiger partial charge is 0.131 e. The molecule has 0 aliphatic carbocycles. The zero-order valence-electron chi connectivity index (χ0n) is 8.78. The Morgan fingerprint density at radius 3 is 2.71 bits per heavy atom. The van der Waals surface area contributed by atoms with Gasteiger partial charge in [0.15, 0.2) is 0 Å². The van der Waals surface area contributed by atoms with Crippen molar-refractivity contribution in [1.82, 2.24) is 9.97 Å². The first-order valence-electron chi connectivity index (χ1n) is 4.90. The standard InChI is InChI=1S/C12H14N2/c1-8(2)12-13-7-10-6-9(3)4-5-11(10)14-12/h4-8H,1-3H3. The van der Waals surface area contributed by atoms with Crippen LogP contribution in [0.1, 0.15) is 31.2 Å². The molecule has 2 aromatic rings. The molecule has 72 valence electrons. The van der Waals surface area contributed by atoms with Gasteiger partial charge in [0.1, 0.15) is 5.82 Å². The molecule has 0 bridgehead atoms. The molecule has 2 nitrogen and oxygen atoms in total. The lowest BCUT2D eigenvalue weighted by atomic mass is 10.1. The van der Waals surface area contributed by atoms with Crippen LogP contribution in [0, 0.1) is 6.92 Å². The normalized spacial score (nSPS) is 11.1. The van der Waals surface area contributed by atoms with Crippen LogP contribution in [0.2, 0.25) is 0 Å². The Hall–Kier alpha value is -1.44. The highest BCUT2D eigenvalue weighted by atomic mass is 14.9. The van der Waals surface area contributed by atoms with E-state index in [2.05, 4.69) is 48.9 Å². The molecule has 0 amide bonds. The summed E-state index contributed by atoms with van der Waals surface area (Å²) in [6.07, 6.45) is 1.91. The van der Waals surface area contributed by atoms with Crippen LogP contribution < -0.4 is 0 Å². The van der Waals surface area contributed by atoms with Gasteiger partial charge in [0.05, 0.1) is 5.52 Å². The molecule has 14 heavy (non-hydrogen) atoms. The van der Waals surface area contributed by atoms with Crippen molar-refractivity contribution in [3.8, 4) is 0 Å². The van der Waals surface area contributed by atoms with Crippen molar-refractivity contribution in [1.29, 1.82) is 0 Å². The fourth-order valence-corrected chi connectivity index (χ4v) is 1.45. The number of benzene rings is 1. The number of hydrogen-bond donors (Lipinski definition) is 0. The molecule has 0 spiro atoms. The Morgan fingerprint density at radius 2 is 2.00 bits per heavy atom. The number of nitrogens with zero attached hydrogens (tertiary/aromatic N) is 2. The van der Waals surface area contributed by atoms with Crippen molar-refractivity contribution < 1.29 is 0 Å². The molecule has 0 unspecified atom stereocenters. The monoisotopic (exact) mass is 186 g/mol. The largest absolute Gasteiger partial charge is 0.240 e. The third-order valence-electron chi connectivity index (χ3n) is 2.27. The van der Waals surface area contributed by atoms with Crippen LogP contribution in [0.15, 0.2) is 24.4 Å². The number of aryl methyl sites for hydroxylation is 1. The van der Waals surface area contributed by atoms with Crippen LogP contribution in [-0.4, -0.2) is 9.97 Å². The second-order valence-corrected chi connectivity index (χ2v) is 3.95. The topological polar surface area (TPSA) is 25.8 Å². The summed E-state index contributed by atoms with van der Waals surface area (Å²) in [5, 5.41) is 1.12. The van der Waals surface area contributed by atoms with Gasteiger partial charge in [-0.25, -0.2) is 9.97 Å². The van der Waals surface area contributed by atoms with Crippen LogP contribution in [-0.2, 0) is 0 Å². The predicted molar refractivity (Wildman–Crippen MR) is 58.4 cm³/mol. The van der Waals surface area contributed by atoms with Crippen molar-refractivity contribution in [3.63, 3.8) is 0 Å². The van der Waals surface area contributed by atoms with E-state index in [-0.39, 0.29) is 0 Å². The molecular weight excluding hydrogens is 172 g/mol. The van der Waals surface area contributed by atoms with Crippen LogP contribution in [0.4, 0.5) is 0 Å². The molecule has 1 aromatic carbocycles. The van der Waals surface area contributed by atoms with Crippen LogP contribution in [0.3, 0.4) is 0 Å². The van der Waals surface area contributed by atoms with E-state index >= 15 is 0 Å². The molecular formula is C12H14N2. The number of hydrogen-bond acceptors (Lipinski definition) is 2. The van der Waals surface area contributed by atoms with Crippen molar-refractivity contribution in [2.24, 2.45) is 0 Å². The van der Waals surface area contributed by atoms with E-state index in [0.717, 1.165) is 16.7 Å². The van der Waals surface area contributed by atoms with E-state index in [1.807, 2.05) is 6.20 Å². The minimum Gasteiger partial charge on any atom is -0.240 e. The van der Waals surface area contributed by atoms with E-state index in [4.69, 9.17) is 0 Å². The van der Waals surface area contributed by atoms with Gasteiger partial charge in [-0.2, -0.15) is 0 Å². The van der Waals surface area contributed by atoms with Crippen molar-refractivity contribution >= 4 is 10.9 Å². The lowest BCUT2D eigenvalue weighted by molar-refractivity contribution is 0.783. The Bertz CT molecular complexity index is 461. The lowest BCUT2D eigenvalue weighted by Crippen LogP contribution is -1.96. The summed E-state index contributed by atoms with van der Waals surface area (Å²) in [5.74, 6) is 1.31. The third-order valence-corrected chi connectivity index (χ3v) is 2.27. The van der Waals surface area contributed by atoms with E-state index in [1.54, 1.807) is 0 Å². The molecule has 0 aliphatic rings. The number of fused-ring (bicyclic) bond motifs is 1. The Morgan fingerprint density at radius 1 is 1.21 bits per heavy atom. The summed E-state index contributed by atoms with van der Waals surface area (Å²) in [6.45, 7) is 6.29. The van der Waals surface area contributed by atoms with Gasteiger partial charge in [-0.3, -0.25) is 0 Å². The highest BCUT2D eigenvalue weighted by Crippen LogP contribution is 2.15. The molecule has 0 saturated carbocycles. The molecule has 1 heterocycles. The lowest BCUT2D eigenvalue weighted by Gasteiger charge is -2.04. The molecule has 0 fully saturated rings. The first kappa shape index (κ1) is 9.13. The molecule has 0 saturated heterocycles. The first-order chi connectivity index (χ1) is 6.66. The molecule has 0 N–H and O–H groups in total. The average Bonchev–Trinajstić information content (AvgIpc) is 2.16. The fraction of sp³-hybridized carbons (Fsp3) is 0.333. The molecule has 2 rings (SSSR count). The highest BCUT2D eigenvalue weighted by Gasteiger charge is 2.03. The second-order valence-electron chi connectivity index (χ2n) is 3.95. The summed E-state index contributed by atoms with van der Waals surface area (Å²) in [6, 6.07) is 6.25. The van der Waals surface area contributed by atoms with E-state index in [0.29, 0.717) is 5.92 Å². The van der Waals surface area contributed by atoms with Gasteiger partial charge in [-0.15, -0.1) is 0 Å². The average molecular weight is 186 g/mol. The maximum atomic E-state index is 4.50. The first-order valence-corrected chi connectivity index (χ1v) is 4.90. The summed E-state index contributed by atoms with van der Waals surface area (Å²) in [4.78, 5) is 8.84. The van der Waals surface area contributed by atoms with Gasteiger partial charge in [-0.1, -0.05) is 25.5 Å². The van der Waals surface area contributed by atoms with Gasteiger partial charge < -0.3 is 0 Å². The van der Waals surface area contributed by atoms with Crippen LogP contribution >= 0.6 is 0 Å². The maximum Gasteiger partial charge on any atom is 0.131 e. The Labute approximate surface area is 84.0 Å².